The maximum Gasteiger partial charge on any atom is 0.439 e. The molecule has 1 atom stereocenters. The van der Waals surface area contributed by atoms with Crippen molar-refractivity contribution in [1.82, 2.24) is 19.7 Å². The third-order valence-electron chi connectivity index (χ3n) is 6.79. The fraction of sp³-hybridized carbons (Fsp3) is 0.259. The number of anilines is 1. The van der Waals surface area contributed by atoms with E-state index in [4.69, 9.17) is 20.8 Å². The highest BCUT2D eigenvalue weighted by molar-refractivity contribution is 6.29. The number of H-pyrrole nitrogens is 1. The van der Waals surface area contributed by atoms with Crippen LogP contribution in [0.5, 0.6) is 0 Å². The van der Waals surface area contributed by atoms with Gasteiger partial charge in [-0.1, -0.05) is 22.8 Å². The standard InChI is InChI=1S/C27H24ClN5O5/c1-13-10-17(15(3)29-19-4-5-21(28)30-22(19)26-31-27(35)38-32-26)25-18(11-13)23(34)14(2)24(37-25)16-6-7-33-8-9-36-12-20(16)33/h4-7,10-11,15,29H,8-9,12H2,1-3H3,(H,31,32,35)/t15-/m1/s1. The number of hydrogen-bond donors (Lipinski definition) is 2. The third-order valence-corrected chi connectivity index (χ3v) is 7.01. The average molecular weight is 534 g/mol. The first kappa shape index (κ1) is 24.2. The van der Waals surface area contributed by atoms with Crippen LogP contribution in [-0.2, 0) is 17.9 Å². The number of rotatable bonds is 5. The van der Waals surface area contributed by atoms with Crippen molar-refractivity contribution < 1.29 is 13.7 Å². The van der Waals surface area contributed by atoms with Gasteiger partial charge in [-0.15, -0.1) is 0 Å². The number of pyridine rings is 1. The number of hydrogen-bond acceptors (Lipinski definition) is 8. The molecule has 5 aromatic rings. The zero-order valence-corrected chi connectivity index (χ0v) is 21.7. The van der Waals surface area contributed by atoms with Gasteiger partial charge in [0.2, 0.25) is 5.82 Å². The minimum Gasteiger partial charge on any atom is -0.455 e. The molecule has 194 valence electrons. The Hall–Kier alpha value is -4.15. The molecule has 0 aliphatic carbocycles. The minimum absolute atomic E-state index is 0.0795. The molecule has 10 nitrogen and oxygen atoms in total. The van der Waals surface area contributed by atoms with Gasteiger partial charge in [0.1, 0.15) is 22.2 Å². The molecule has 0 saturated heterocycles. The van der Waals surface area contributed by atoms with Gasteiger partial charge in [-0.05, 0) is 50.6 Å². The van der Waals surface area contributed by atoms with Crippen molar-refractivity contribution in [1.29, 1.82) is 0 Å². The molecule has 0 unspecified atom stereocenters. The summed E-state index contributed by atoms with van der Waals surface area (Å²) in [5.74, 6) is -0.0205. The maximum atomic E-state index is 13.6. The van der Waals surface area contributed by atoms with Crippen molar-refractivity contribution in [2.75, 3.05) is 11.9 Å². The maximum absolute atomic E-state index is 13.6. The Balaban J connectivity index is 1.48. The monoisotopic (exact) mass is 533 g/mol. The van der Waals surface area contributed by atoms with E-state index >= 15 is 0 Å². The summed E-state index contributed by atoms with van der Waals surface area (Å²) in [4.78, 5) is 32.0. The lowest BCUT2D eigenvalue weighted by Crippen LogP contribution is -2.16. The number of benzene rings is 1. The van der Waals surface area contributed by atoms with E-state index in [0.29, 0.717) is 46.9 Å². The second kappa shape index (κ2) is 9.30. The van der Waals surface area contributed by atoms with Gasteiger partial charge in [-0.3, -0.25) is 14.3 Å². The normalized spacial score (nSPS) is 14.0. The highest BCUT2D eigenvalue weighted by atomic mass is 35.5. The third kappa shape index (κ3) is 4.11. The van der Waals surface area contributed by atoms with E-state index < -0.39 is 5.76 Å². The average Bonchev–Trinajstić information content (AvgIpc) is 3.53. The molecule has 0 saturated carbocycles. The number of ether oxygens (including phenoxy) is 1. The van der Waals surface area contributed by atoms with E-state index in [0.717, 1.165) is 28.9 Å². The predicted molar refractivity (Wildman–Crippen MR) is 142 cm³/mol. The van der Waals surface area contributed by atoms with Crippen molar-refractivity contribution in [3.63, 3.8) is 0 Å². The van der Waals surface area contributed by atoms with E-state index in [-0.39, 0.29) is 22.4 Å². The number of aromatic amines is 1. The van der Waals surface area contributed by atoms with Gasteiger partial charge in [0.15, 0.2) is 5.43 Å². The van der Waals surface area contributed by atoms with Crippen molar-refractivity contribution in [3.8, 4) is 22.8 Å². The molecule has 0 bridgehead atoms. The molecule has 6 rings (SSSR count). The van der Waals surface area contributed by atoms with Crippen molar-refractivity contribution in [2.24, 2.45) is 0 Å². The smallest absolute Gasteiger partial charge is 0.439 e. The van der Waals surface area contributed by atoms with Crippen LogP contribution in [0.25, 0.3) is 33.8 Å². The largest absolute Gasteiger partial charge is 0.455 e. The lowest BCUT2D eigenvalue weighted by molar-refractivity contribution is 0.0853. The lowest BCUT2D eigenvalue weighted by atomic mass is 9.98. The number of aromatic nitrogens is 4. The molecule has 4 aromatic heterocycles. The summed E-state index contributed by atoms with van der Waals surface area (Å²) in [6.45, 7) is 7.55. The van der Waals surface area contributed by atoms with E-state index in [1.165, 1.54) is 0 Å². The van der Waals surface area contributed by atoms with Gasteiger partial charge in [-0.25, -0.2) is 9.78 Å². The quantitative estimate of drug-likeness (QED) is 0.303. The first-order valence-corrected chi connectivity index (χ1v) is 12.5. The van der Waals surface area contributed by atoms with Crippen LogP contribution < -0.4 is 16.5 Å². The summed E-state index contributed by atoms with van der Waals surface area (Å²) in [5, 5.41) is 7.90. The van der Waals surface area contributed by atoms with Crippen molar-refractivity contribution in [2.45, 2.75) is 40.0 Å². The van der Waals surface area contributed by atoms with E-state index in [1.54, 1.807) is 19.1 Å². The number of nitrogens with one attached hydrogen (secondary N) is 2. The molecule has 0 amide bonds. The van der Waals surface area contributed by atoms with Crippen molar-refractivity contribution >= 4 is 28.3 Å². The lowest BCUT2D eigenvalue weighted by Gasteiger charge is -2.20. The Kier molecular flexibility index (Phi) is 5.93. The van der Waals surface area contributed by atoms with E-state index in [1.807, 2.05) is 38.2 Å². The van der Waals surface area contributed by atoms with Crippen LogP contribution >= 0.6 is 11.6 Å². The molecular weight excluding hydrogens is 510 g/mol. The van der Waals surface area contributed by atoms with Crippen LogP contribution in [0, 0.1) is 13.8 Å². The number of fused-ring (bicyclic) bond motifs is 2. The second-order valence-electron chi connectivity index (χ2n) is 9.38. The van der Waals surface area contributed by atoms with Crippen LogP contribution in [0.3, 0.4) is 0 Å². The molecule has 2 N–H and O–H groups in total. The molecule has 11 heteroatoms. The molecular formula is C27H24ClN5O5. The van der Waals surface area contributed by atoms with Gasteiger partial charge in [0.25, 0.3) is 0 Å². The SMILES string of the molecule is Cc1cc([C@@H](C)Nc2ccc(Cl)nc2-c2noc(=O)[nH]2)c2oc(-c3ccn4c3COCC4)c(C)c(=O)c2c1. The van der Waals surface area contributed by atoms with Gasteiger partial charge in [0, 0.05) is 29.4 Å². The highest BCUT2D eigenvalue weighted by Crippen LogP contribution is 2.35. The Morgan fingerprint density at radius 1 is 1.18 bits per heavy atom. The molecule has 1 aliphatic heterocycles. The fourth-order valence-electron chi connectivity index (χ4n) is 4.94. The summed E-state index contributed by atoms with van der Waals surface area (Å²) >= 11 is 6.13. The summed E-state index contributed by atoms with van der Waals surface area (Å²) in [6.07, 6.45) is 2.00. The molecule has 0 fully saturated rings. The van der Waals surface area contributed by atoms with Gasteiger partial charge in [0.05, 0.1) is 36.0 Å². The number of halogens is 1. The van der Waals surface area contributed by atoms with Gasteiger partial charge in [-0.2, -0.15) is 0 Å². The highest BCUT2D eigenvalue weighted by Gasteiger charge is 2.24. The van der Waals surface area contributed by atoms with Crippen LogP contribution in [0.1, 0.15) is 35.3 Å². The predicted octanol–water partition coefficient (Wildman–Crippen LogP) is 4.97. The summed E-state index contributed by atoms with van der Waals surface area (Å²) in [5.41, 5.74) is 5.41. The van der Waals surface area contributed by atoms with E-state index in [2.05, 4.69) is 29.5 Å². The van der Waals surface area contributed by atoms with Crippen molar-refractivity contribution in [3.05, 3.63) is 84.8 Å². The molecule has 1 aliphatic rings. The zero-order chi connectivity index (χ0) is 26.6. The molecule has 1 aromatic carbocycles. The first-order valence-electron chi connectivity index (χ1n) is 12.1. The molecule has 5 heterocycles. The first-order chi connectivity index (χ1) is 18.3. The Bertz CT molecular complexity index is 1820. The summed E-state index contributed by atoms with van der Waals surface area (Å²) in [6, 6.07) is 8.85. The Morgan fingerprint density at radius 2 is 2.03 bits per heavy atom. The topological polar surface area (TPSA) is 128 Å². The number of nitrogens with zero attached hydrogens (tertiary/aromatic N) is 3. The second-order valence-corrected chi connectivity index (χ2v) is 9.77. The zero-order valence-electron chi connectivity index (χ0n) is 20.9. The van der Waals surface area contributed by atoms with Crippen LogP contribution in [0.15, 0.2) is 55.1 Å². The molecule has 0 radical (unpaired) electrons. The van der Waals surface area contributed by atoms with Gasteiger partial charge < -0.3 is 19.0 Å². The van der Waals surface area contributed by atoms with Crippen LogP contribution in [0.2, 0.25) is 5.15 Å². The number of aryl methyl sites for hydroxylation is 1. The van der Waals surface area contributed by atoms with Gasteiger partial charge >= 0.3 is 5.76 Å². The minimum atomic E-state index is -0.701. The van der Waals surface area contributed by atoms with Crippen LogP contribution in [0.4, 0.5) is 5.69 Å². The summed E-state index contributed by atoms with van der Waals surface area (Å²) in [7, 11) is 0. The Labute approximate surface area is 221 Å². The summed E-state index contributed by atoms with van der Waals surface area (Å²) < 4.78 is 19.0. The molecule has 0 spiro atoms. The molecule has 38 heavy (non-hydrogen) atoms. The van der Waals surface area contributed by atoms with E-state index in [9.17, 15) is 9.59 Å². The fourth-order valence-corrected chi connectivity index (χ4v) is 5.08. The Morgan fingerprint density at radius 3 is 2.82 bits per heavy atom. The van der Waals surface area contributed by atoms with Crippen LogP contribution in [-0.4, -0.2) is 26.3 Å².